The summed E-state index contributed by atoms with van der Waals surface area (Å²) in [4.78, 5) is 4.63. The summed E-state index contributed by atoms with van der Waals surface area (Å²) in [5.41, 5.74) is 0. The Morgan fingerprint density at radius 3 is 2.94 bits per heavy atom. The zero-order valence-corrected chi connectivity index (χ0v) is 10.8. The Morgan fingerprint density at radius 2 is 2.18 bits per heavy atom. The van der Waals surface area contributed by atoms with Crippen LogP contribution in [0.2, 0.25) is 0 Å². The van der Waals surface area contributed by atoms with Crippen molar-refractivity contribution in [3.05, 3.63) is 11.7 Å². The second-order valence-electron chi connectivity index (χ2n) is 4.95. The molecule has 17 heavy (non-hydrogen) atoms. The minimum absolute atomic E-state index is 0.456. The van der Waals surface area contributed by atoms with Crippen molar-refractivity contribution < 1.29 is 4.52 Å². The molecule has 4 nitrogen and oxygen atoms in total. The van der Waals surface area contributed by atoms with Crippen LogP contribution in [-0.2, 0) is 0 Å². The summed E-state index contributed by atoms with van der Waals surface area (Å²) in [5, 5.41) is 7.58. The summed E-state index contributed by atoms with van der Waals surface area (Å²) in [7, 11) is 0. The van der Waals surface area contributed by atoms with E-state index in [0.29, 0.717) is 11.8 Å². The molecule has 1 N–H and O–H groups in total. The van der Waals surface area contributed by atoms with Gasteiger partial charge in [-0.1, -0.05) is 5.16 Å². The predicted octanol–water partition coefficient (Wildman–Crippen LogP) is 2.15. The van der Waals surface area contributed by atoms with Crippen molar-refractivity contribution in [1.82, 2.24) is 15.5 Å². The number of rotatable bonds is 2. The van der Waals surface area contributed by atoms with Crippen LogP contribution in [0.1, 0.15) is 49.2 Å². The molecular formula is C12H19N3OS. The fourth-order valence-corrected chi connectivity index (χ4v) is 3.72. The van der Waals surface area contributed by atoms with Gasteiger partial charge in [0.2, 0.25) is 5.89 Å². The monoisotopic (exact) mass is 253 g/mol. The highest BCUT2D eigenvalue weighted by Crippen LogP contribution is 2.31. The molecule has 2 fully saturated rings. The standard InChI is InChI=1S/C12H19N3OS/c1-3-9(7-13-5-1)11-14-12(16-15-11)10-4-2-6-17-8-10/h9-10,13H,1-8H2. The topological polar surface area (TPSA) is 51.0 Å². The first kappa shape index (κ1) is 11.5. The third-order valence-corrected chi connectivity index (χ3v) is 4.84. The SMILES string of the molecule is C1CNCC(c2noc(C3CCCSC3)n2)C1. The molecule has 2 saturated heterocycles. The van der Waals surface area contributed by atoms with Gasteiger partial charge in [0.1, 0.15) is 0 Å². The Morgan fingerprint density at radius 1 is 1.24 bits per heavy atom. The Bertz CT molecular complexity index is 324. The molecular weight excluding hydrogens is 234 g/mol. The van der Waals surface area contributed by atoms with Crippen LogP contribution in [0.3, 0.4) is 0 Å². The molecule has 1 aromatic heterocycles. The molecule has 2 unspecified atom stereocenters. The highest BCUT2D eigenvalue weighted by molar-refractivity contribution is 7.99. The molecule has 2 atom stereocenters. The Labute approximate surface area is 106 Å². The average molecular weight is 253 g/mol. The highest BCUT2D eigenvalue weighted by Gasteiger charge is 2.25. The van der Waals surface area contributed by atoms with E-state index in [2.05, 4.69) is 15.5 Å². The van der Waals surface area contributed by atoms with Crippen molar-refractivity contribution >= 4 is 11.8 Å². The lowest BCUT2D eigenvalue weighted by Crippen LogP contribution is -2.28. The molecule has 3 heterocycles. The largest absolute Gasteiger partial charge is 0.339 e. The molecule has 3 rings (SSSR count). The maximum absolute atomic E-state index is 5.46. The zero-order chi connectivity index (χ0) is 11.5. The maximum Gasteiger partial charge on any atom is 0.230 e. The minimum Gasteiger partial charge on any atom is -0.339 e. The van der Waals surface area contributed by atoms with Gasteiger partial charge in [0.25, 0.3) is 0 Å². The molecule has 0 aliphatic carbocycles. The molecule has 94 valence electrons. The van der Waals surface area contributed by atoms with Gasteiger partial charge in [0.15, 0.2) is 5.82 Å². The van der Waals surface area contributed by atoms with E-state index >= 15 is 0 Å². The van der Waals surface area contributed by atoms with E-state index in [0.717, 1.165) is 30.6 Å². The predicted molar refractivity (Wildman–Crippen MR) is 68.4 cm³/mol. The van der Waals surface area contributed by atoms with Crippen LogP contribution in [0, 0.1) is 0 Å². The Kier molecular flexibility index (Phi) is 3.66. The number of nitrogens with one attached hydrogen (secondary N) is 1. The second-order valence-corrected chi connectivity index (χ2v) is 6.10. The van der Waals surface area contributed by atoms with Gasteiger partial charge in [0.05, 0.1) is 0 Å². The molecule has 0 amide bonds. The molecule has 0 spiro atoms. The van der Waals surface area contributed by atoms with Crippen molar-refractivity contribution in [2.45, 2.75) is 37.5 Å². The van der Waals surface area contributed by atoms with Crippen molar-refractivity contribution in [2.24, 2.45) is 0 Å². The molecule has 5 heteroatoms. The van der Waals surface area contributed by atoms with Gasteiger partial charge in [-0.05, 0) is 38.0 Å². The lowest BCUT2D eigenvalue weighted by atomic mass is 9.99. The van der Waals surface area contributed by atoms with Gasteiger partial charge >= 0.3 is 0 Å². The van der Waals surface area contributed by atoms with E-state index in [4.69, 9.17) is 4.52 Å². The van der Waals surface area contributed by atoms with Crippen molar-refractivity contribution in [1.29, 1.82) is 0 Å². The van der Waals surface area contributed by atoms with Crippen LogP contribution in [0.15, 0.2) is 4.52 Å². The first-order valence-corrected chi connectivity index (χ1v) is 7.71. The number of aromatic nitrogens is 2. The highest BCUT2D eigenvalue weighted by atomic mass is 32.2. The zero-order valence-electron chi connectivity index (χ0n) is 10.0. The van der Waals surface area contributed by atoms with Gasteiger partial charge in [-0.2, -0.15) is 16.7 Å². The van der Waals surface area contributed by atoms with Crippen molar-refractivity contribution in [3.63, 3.8) is 0 Å². The van der Waals surface area contributed by atoms with E-state index in [1.165, 1.54) is 31.4 Å². The molecule has 0 aromatic carbocycles. The number of thioether (sulfide) groups is 1. The first-order valence-electron chi connectivity index (χ1n) is 6.55. The lowest BCUT2D eigenvalue weighted by Gasteiger charge is -2.19. The number of piperidine rings is 1. The summed E-state index contributed by atoms with van der Waals surface area (Å²) in [6, 6.07) is 0. The van der Waals surface area contributed by atoms with E-state index in [-0.39, 0.29) is 0 Å². The molecule has 1 aromatic rings. The number of hydrogen-bond acceptors (Lipinski definition) is 5. The van der Waals surface area contributed by atoms with Crippen molar-refractivity contribution in [2.75, 3.05) is 24.6 Å². The van der Waals surface area contributed by atoms with Gasteiger partial charge in [-0.15, -0.1) is 0 Å². The second kappa shape index (κ2) is 5.40. The van der Waals surface area contributed by atoms with Crippen LogP contribution in [0.4, 0.5) is 0 Å². The lowest BCUT2D eigenvalue weighted by molar-refractivity contribution is 0.342. The van der Waals surface area contributed by atoms with Gasteiger partial charge < -0.3 is 9.84 Å². The summed E-state index contributed by atoms with van der Waals surface area (Å²) in [5.74, 6) is 5.17. The third-order valence-electron chi connectivity index (χ3n) is 3.63. The summed E-state index contributed by atoms with van der Waals surface area (Å²) in [6.07, 6.45) is 4.88. The van der Waals surface area contributed by atoms with Crippen LogP contribution in [0.5, 0.6) is 0 Å². The number of hydrogen-bond donors (Lipinski definition) is 1. The molecule has 2 aliphatic rings. The number of nitrogens with zero attached hydrogens (tertiary/aromatic N) is 2. The van der Waals surface area contributed by atoms with Crippen LogP contribution >= 0.6 is 11.8 Å². The van der Waals surface area contributed by atoms with Gasteiger partial charge in [-0.25, -0.2) is 0 Å². The van der Waals surface area contributed by atoms with Crippen molar-refractivity contribution in [3.8, 4) is 0 Å². The van der Waals surface area contributed by atoms with Crippen LogP contribution in [0.25, 0.3) is 0 Å². The van der Waals surface area contributed by atoms with Gasteiger partial charge in [0, 0.05) is 24.1 Å². The minimum atomic E-state index is 0.456. The fourth-order valence-electron chi connectivity index (χ4n) is 2.59. The Hall–Kier alpha value is -0.550. The fraction of sp³-hybridized carbons (Fsp3) is 0.833. The van der Waals surface area contributed by atoms with Gasteiger partial charge in [-0.3, -0.25) is 0 Å². The average Bonchev–Trinajstić information content (AvgIpc) is 2.90. The molecule has 0 bridgehead atoms. The molecule has 0 radical (unpaired) electrons. The first-order chi connectivity index (χ1) is 8.43. The van der Waals surface area contributed by atoms with E-state index in [9.17, 15) is 0 Å². The summed E-state index contributed by atoms with van der Waals surface area (Å²) >= 11 is 2.00. The third kappa shape index (κ3) is 2.65. The van der Waals surface area contributed by atoms with Crippen LogP contribution in [-0.4, -0.2) is 34.7 Å². The molecule has 2 aliphatic heterocycles. The maximum atomic E-state index is 5.46. The van der Waals surface area contributed by atoms with E-state index in [1.54, 1.807) is 0 Å². The Balaban J connectivity index is 1.68. The quantitative estimate of drug-likeness (QED) is 0.875. The summed E-state index contributed by atoms with van der Waals surface area (Å²) < 4.78 is 5.46. The van der Waals surface area contributed by atoms with E-state index in [1.807, 2.05) is 11.8 Å². The normalized spacial score (nSPS) is 30.4. The summed E-state index contributed by atoms with van der Waals surface area (Å²) in [6.45, 7) is 2.12. The van der Waals surface area contributed by atoms with Crippen LogP contribution < -0.4 is 5.32 Å². The van der Waals surface area contributed by atoms with E-state index < -0.39 is 0 Å². The smallest absolute Gasteiger partial charge is 0.230 e. The molecule has 0 saturated carbocycles.